The van der Waals surface area contributed by atoms with E-state index in [4.69, 9.17) is 21.1 Å². The molecule has 2 atom stereocenters. The first-order valence-electron chi connectivity index (χ1n) is 6.96. The molecule has 110 valence electrons. The SMILES string of the molecule is CC1COc2ccc(C(O)c3cccc(Cl)c3)cc2OC1. The number of hydrogen-bond acceptors (Lipinski definition) is 3. The number of benzene rings is 2. The second-order valence-corrected chi connectivity index (χ2v) is 5.83. The van der Waals surface area contributed by atoms with Gasteiger partial charge in [-0.05, 0) is 35.4 Å². The van der Waals surface area contributed by atoms with Crippen molar-refractivity contribution in [2.45, 2.75) is 13.0 Å². The first-order chi connectivity index (χ1) is 10.1. The van der Waals surface area contributed by atoms with Crippen LogP contribution in [0.1, 0.15) is 24.2 Å². The first kappa shape index (κ1) is 14.2. The van der Waals surface area contributed by atoms with Crippen LogP contribution in [0.15, 0.2) is 42.5 Å². The van der Waals surface area contributed by atoms with Gasteiger partial charge in [0.25, 0.3) is 0 Å². The molecule has 1 N–H and O–H groups in total. The van der Waals surface area contributed by atoms with Crippen molar-refractivity contribution in [2.75, 3.05) is 13.2 Å². The Morgan fingerprint density at radius 3 is 2.52 bits per heavy atom. The van der Waals surface area contributed by atoms with Crippen LogP contribution < -0.4 is 9.47 Å². The summed E-state index contributed by atoms with van der Waals surface area (Å²) in [5.74, 6) is 1.75. The van der Waals surface area contributed by atoms with Crippen LogP contribution in [0.3, 0.4) is 0 Å². The van der Waals surface area contributed by atoms with Gasteiger partial charge in [-0.1, -0.05) is 36.7 Å². The zero-order chi connectivity index (χ0) is 14.8. The van der Waals surface area contributed by atoms with Crippen molar-refractivity contribution in [2.24, 2.45) is 5.92 Å². The van der Waals surface area contributed by atoms with Gasteiger partial charge in [0.15, 0.2) is 11.5 Å². The Morgan fingerprint density at radius 1 is 1.05 bits per heavy atom. The molecule has 0 radical (unpaired) electrons. The molecule has 3 nitrogen and oxygen atoms in total. The Balaban J connectivity index is 1.90. The monoisotopic (exact) mass is 304 g/mol. The second-order valence-electron chi connectivity index (χ2n) is 5.39. The lowest BCUT2D eigenvalue weighted by atomic mass is 10.0. The van der Waals surface area contributed by atoms with Crippen LogP contribution in [0.2, 0.25) is 5.02 Å². The Kier molecular flexibility index (Phi) is 4.04. The normalized spacial score (nSPS) is 18.9. The molecule has 0 bridgehead atoms. The molecule has 0 spiro atoms. The molecular formula is C17H17ClO3. The van der Waals surface area contributed by atoms with Gasteiger partial charge in [0.05, 0.1) is 13.2 Å². The van der Waals surface area contributed by atoms with Crippen LogP contribution >= 0.6 is 11.6 Å². The minimum Gasteiger partial charge on any atom is -0.489 e. The summed E-state index contributed by atoms with van der Waals surface area (Å²) in [4.78, 5) is 0. The predicted molar refractivity (Wildman–Crippen MR) is 82.1 cm³/mol. The van der Waals surface area contributed by atoms with Gasteiger partial charge in [-0.25, -0.2) is 0 Å². The van der Waals surface area contributed by atoms with E-state index in [9.17, 15) is 5.11 Å². The van der Waals surface area contributed by atoms with E-state index < -0.39 is 6.10 Å². The van der Waals surface area contributed by atoms with Crippen molar-refractivity contribution in [3.63, 3.8) is 0 Å². The van der Waals surface area contributed by atoms with Gasteiger partial charge in [0, 0.05) is 10.9 Å². The summed E-state index contributed by atoms with van der Waals surface area (Å²) >= 11 is 5.97. The van der Waals surface area contributed by atoms with Crippen molar-refractivity contribution in [3.05, 3.63) is 58.6 Å². The summed E-state index contributed by atoms with van der Waals surface area (Å²) in [6, 6.07) is 12.7. The molecule has 0 aromatic heterocycles. The fourth-order valence-corrected chi connectivity index (χ4v) is 2.51. The van der Waals surface area contributed by atoms with Crippen LogP contribution in [-0.2, 0) is 0 Å². The first-order valence-corrected chi connectivity index (χ1v) is 7.34. The number of fused-ring (bicyclic) bond motifs is 1. The molecule has 0 aliphatic carbocycles. The van der Waals surface area contributed by atoms with Crippen LogP contribution in [0.5, 0.6) is 11.5 Å². The Hall–Kier alpha value is -1.71. The Labute approximate surface area is 129 Å². The number of rotatable bonds is 2. The molecule has 0 fully saturated rings. The van der Waals surface area contributed by atoms with E-state index in [1.54, 1.807) is 12.1 Å². The van der Waals surface area contributed by atoms with Crippen molar-refractivity contribution in [3.8, 4) is 11.5 Å². The van der Waals surface area contributed by atoms with E-state index in [0.717, 1.165) is 16.9 Å². The molecule has 4 heteroatoms. The number of halogens is 1. The van der Waals surface area contributed by atoms with Gasteiger partial charge < -0.3 is 14.6 Å². The molecule has 2 unspecified atom stereocenters. The van der Waals surface area contributed by atoms with Gasteiger partial charge in [0.2, 0.25) is 0 Å². The zero-order valence-electron chi connectivity index (χ0n) is 11.8. The topological polar surface area (TPSA) is 38.7 Å². The lowest BCUT2D eigenvalue weighted by Crippen LogP contribution is -2.12. The van der Waals surface area contributed by atoms with Gasteiger partial charge in [-0.15, -0.1) is 0 Å². The standard InChI is InChI=1S/C17H17ClO3/c1-11-9-20-15-6-5-13(8-16(15)21-10-11)17(19)12-3-2-4-14(18)7-12/h2-8,11,17,19H,9-10H2,1H3. The molecule has 1 aliphatic heterocycles. The van der Waals surface area contributed by atoms with Crippen LogP contribution in [0, 0.1) is 5.92 Å². The summed E-state index contributed by atoms with van der Waals surface area (Å²) in [6.45, 7) is 3.33. The van der Waals surface area contributed by atoms with Gasteiger partial charge in [-0.2, -0.15) is 0 Å². The third kappa shape index (κ3) is 3.14. The highest BCUT2D eigenvalue weighted by molar-refractivity contribution is 6.30. The summed E-state index contributed by atoms with van der Waals surface area (Å²) < 4.78 is 11.4. The molecule has 3 rings (SSSR count). The molecular weight excluding hydrogens is 288 g/mol. The van der Waals surface area contributed by atoms with Crippen molar-refractivity contribution < 1.29 is 14.6 Å². The number of ether oxygens (including phenoxy) is 2. The summed E-state index contributed by atoms with van der Waals surface area (Å²) in [7, 11) is 0. The molecule has 2 aromatic rings. The van der Waals surface area contributed by atoms with Gasteiger partial charge in [-0.3, -0.25) is 0 Å². The van der Waals surface area contributed by atoms with E-state index in [2.05, 4.69) is 6.92 Å². The number of hydrogen-bond donors (Lipinski definition) is 1. The maximum atomic E-state index is 10.5. The number of aliphatic hydroxyl groups is 1. The lowest BCUT2D eigenvalue weighted by Gasteiger charge is -2.14. The third-order valence-corrected chi connectivity index (χ3v) is 3.73. The van der Waals surface area contributed by atoms with Crippen LogP contribution in [-0.4, -0.2) is 18.3 Å². The number of aliphatic hydroxyl groups excluding tert-OH is 1. The molecule has 0 saturated carbocycles. The molecule has 0 amide bonds. The zero-order valence-corrected chi connectivity index (χ0v) is 12.5. The highest BCUT2D eigenvalue weighted by atomic mass is 35.5. The van der Waals surface area contributed by atoms with Gasteiger partial charge in [0.1, 0.15) is 6.10 Å². The van der Waals surface area contributed by atoms with E-state index in [1.165, 1.54) is 0 Å². The van der Waals surface area contributed by atoms with Crippen LogP contribution in [0.4, 0.5) is 0 Å². The highest BCUT2D eigenvalue weighted by Crippen LogP contribution is 2.34. The molecule has 1 aliphatic rings. The maximum Gasteiger partial charge on any atom is 0.161 e. The quantitative estimate of drug-likeness (QED) is 0.916. The molecule has 0 saturated heterocycles. The van der Waals surface area contributed by atoms with Gasteiger partial charge >= 0.3 is 0 Å². The van der Waals surface area contributed by atoms with Crippen LogP contribution in [0.25, 0.3) is 0 Å². The van der Waals surface area contributed by atoms with E-state index in [0.29, 0.717) is 29.9 Å². The fourth-order valence-electron chi connectivity index (χ4n) is 2.31. The second kappa shape index (κ2) is 5.96. The Bertz CT molecular complexity index is 642. The molecule has 1 heterocycles. The summed E-state index contributed by atoms with van der Waals surface area (Å²) in [5.41, 5.74) is 1.51. The Morgan fingerprint density at radius 2 is 1.76 bits per heavy atom. The predicted octanol–water partition coefficient (Wildman–Crippen LogP) is 3.83. The van der Waals surface area contributed by atoms with E-state index in [1.807, 2.05) is 30.3 Å². The average molecular weight is 305 g/mol. The molecule has 21 heavy (non-hydrogen) atoms. The van der Waals surface area contributed by atoms with Crippen molar-refractivity contribution in [1.29, 1.82) is 0 Å². The largest absolute Gasteiger partial charge is 0.489 e. The minimum absolute atomic E-state index is 0.346. The summed E-state index contributed by atoms with van der Waals surface area (Å²) in [6.07, 6.45) is -0.738. The lowest BCUT2D eigenvalue weighted by molar-refractivity contribution is 0.218. The highest BCUT2D eigenvalue weighted by Gasteiger charge is 2.18. The third-order valence-electron chi connectivity index (χ3n) is 3.49. The fraction of sp³-hybridized carbons (Fsp3) is 0.294. The molecule has 2 aromatic carbocycles. The maximum absolute atomic E-state index is 10.5. The van der Waals surface area contributed by atoms with Crippen molar-refractivity contribution in [1.82, 2.24) is 0 Å². The summed E-state index contributed by atoms with van der Waals surface area (Å²) in [5, 5.41) is 11.1. The minimum atomic E-state index is -0.738. The smallest absolute Gasteiger partial charge is 0.161 e. The van der Waals surface area contributed by atoms with Crippen molar-refractivity contribution >= 4 is 11.6 Å². The average Bonchev–Trinajstić information content (AvgIpc) is 2.68. The van der Waals surface area contributed by atoms with E-state index >= 15 is 0 Å². The van der Waals surface area contributed by atoms with E-state index in [-0.39, 0.29) is 0 Å².